The zero-order chi connectivity index (χ0) is 20.2. The standard InChI is InChI=1S/C21H25FN4O3/c1-14(29-18-4-2-3-16(22)11-18)20(27)24-17-5-8-26(9-6-17)21-23-12-15-13-28-10-7-19(15)25-21/h2-4,11-12,14,17H,5-10,13H2,1H3,(H,24,27). The molecule has 2 aliphatic rings. The van der Waals surface area contributed by atoms with Crippen LogP contribution in [0.3, 0.4) is 0 Å². The number of nitrogens with one attached hydrogen (secondary N) is 1. The molecule has 8 heteroatoms. The second-order valence-corrected chi connectivity index (χ2v) is 7.43. The number of hydrogen-bond donors (Lipinski definition) is 1. The van der Waals surface area contributed by atoms with Gasteiger partial charge in [0.2, 0.25) is 5.95 Å². The highest BCUT2D eigenvalue weighted by molar-refractivity contribution is 5.81. The number of nitrogens with zero attached hydrogens (tertiary/aromatic N) is 3. The van der Waals surface area contributed by atoms with Crippen LogP contribution in [-0.2, 0) is 22.6 Å². The van der Waals surface area contributed by atoms with Gasteiger partial charge in [-0.15, -0.1) is 0 Å². The van der Waals surface area contributed by atoms with E-state index in [1.165, 1.54) is 12.1 Å². The number of amides is 1. The summed E-state index contributed by atoms with van der Waals surface area (Å²) >= 11 is 0. The second-order valence-electron chi connectivity index (χ2n) is 7.43. The average molecular weight is 400 g/mol. The van der Waals surface area contributed by atoms with Crippen molar-refractivity contribution in [3.8, 4) is 5.75 Å². The highest BCUT2D eigenvalue weighted by Gasteiger charge is 2.25. The molecule has 1 aromatic heterocycles. The molecule has 0 radical (unpaired) electrons. The first-order valence-electron chi connectivity index (χ1n) is 9.98. The van der Waals surface area contributed by atoms with Gasteiger partial charge >= 0.3 is 0 Å². The van der Waals surface area contributed by atoms with E-state index in [4.69, 9.17) is 14.5 Å². The lowest BCUT2D eigenvalue weighted by Crippen LogP contribution is -2.48. The van der Waals surface area contributed by atoms with Crippen molar-refractivity contribution in [2.45, 2.75) is 44.9 Å². The van der Waals surface area contributed by atoms with Gasteiger partial charge in [-0.1, -0.05) is 6.07 Å². The molecule has 1 aromatic carbocycles. The van der Waals surface area contributed by atoms with E-state index in [1.807, 2.05) is 6.20 Å². The maximum Gasteiger partial charge on any atom is 0.260 e. The molecular weight excluding hydrogens is 375 g/mol. The van der Waals surface area contributed by atoms with E-state index >= 15 is 0 Å². The zero-order valence-corrected chi connectivity index (χ0v) is 16.4. The Morgan fingerprint density at radius 3 is 3.00 bits per heavy atom. The summed E-state index contributed by atoms with van der Waals surface area (Å²) in [7, 11) is 0. The number of anilines is 1. The lowest BCUT2D eigenvalue weighted by Gasteiger charge is -2.33. The first-order chi connectivity index (χ1) is 14.1. The van der Waals surface area contributed by atoms with Crippen LogP contribution in [0.2, 0.25) is 0 Å². The average Bonchev–Trinajstić information content (AvgIpc) is 2.74. The topological polar surface area (TPSA) is 76.6 Å². The van der Waals surface area contributed by atoms with Crippen molar-refractivity contribution in [1.29, 1.82) is 0 Å². The first kappa shape index (κ1) is 19.6. The van der Waals surface area contributed by atoms with Crippen molar-refractivity contribution in [3.05, 3.63) is 47.5 Å². The van der Waals surface area contributed by atoms with Gasteiger partial charge in [-0.25, -0.2) is 14.4 Å². The van der Waals surface area contributed by atoms with Crippen molar-refractivity contribution in [1.82, 2.24) is 15.3 Å². The third-order valence-corrected chi connectivity index (χ3v) is 5.28. The Bertz CT molecular complexity index is 871. The number of piperidine rings is 1. The molecule has 2 aliphatic heterocycles. The molecule has 0 saturated carbocycles. The number of carbonyl (C=O) groups excluding carboxylic acids is 1. The molecule has 1 fully saturated rings. The van der Waals surface area contributed by atoms with Crippen LogP contribution in [0.1, 0.15) is 31.0 Å². The molecule has 0 spiro atoms. The maximum atomic E-state index is 13.3. The Morgan fingerprint density at radius 2 is 2.21 bits per heavy atom. The monoisotopic (exact) mass is 400 g/mol. The van der Waals surface area contributed by atoms with Gasteiger partial charge in [0.15, 0.2) is 6.10 Å². The Labute approximate surface area is 169 Å². The highest BCUT2D eigenvalue weighted by atomic mass is 19.1. The van der Waals surface area contributed by atoms with Crippen molar-refractivity contribution in [2.24, 2.45) is 0 Å². The molecule has 0 aliphatic carbocycles. The molecule has 2 aromatic rings. The molecule has 154 valence electrons. The molecule has 1 atom stereocenters. The summed E-state index contributed by atoms with van der Waals surface area (Å²) in [6.45, 7) is 4.51. The molecule has 1 saturated heterocycles. The summed E-state index contributed by atoms with van der Waals surface area (Å²) < 4.78 is 24.2. The van der Waals surface area contributed by atoms with Gasteiger partial charge in [0.05, 0.1) is 18.9 Å². The molecule has 29 heavy (non-hydrogen) atoms. The normalized spacial score (nSPS) is 18.1. The van der Waals surface area contributed by atoms with E-state index in [0.717, 1.165) is 49.6 Å². The Hall–Kier alpha value is -2.74. The smallest absolute Gasteiger partial charge is 0.260 e. The Kier molecular flexibility index (Phi) is 5.89. The van der Waals surface area contributed by atoms with Gasteiger partial charge in [0.1, 0.15) is 11.6 Å². The number of rotatable bonds is 5. The van der Waals surface area contributed by atoms with Crippen molar-refractivity contribution in [2.75, 3.05) is 24.6 Å². The summed E-state index contributed by atoms with van der Waals surface area (Å²) in [5.41, 5.74) is 2.13. The number of ether oxygens (including phenoxy) is 2. The van der Waals surface area contributed by atoms with Crippen LogP contribution in [0.15, 0.2) is 30.5 Å². The first-order valence-corrected chi connectivity index (χ1v) is 9.98. The molecule has 1 unspecified atom stereocenters. The zero-order valence-electron chi connectivity index (χ0n) is 16.4. The lowest BCUT2D eigenvalue weighted by atomic mass is 10.0. The van der Waals surface area contributed by atoms with E-state index < -0.39 is 6.10 Å². The number of aromatic nitrogens is 2. The molecular formula is C21H25FN4O3. The molecule has 4 rings (SSSR count). The molecule has 3 heterocycles. The summed E-state index contributed by atoms with van der Waals surface area (Å²) in [5, 5.41) is 3.03. The van der Waals surface area contributed by atoms with Crippen LogP contribution in [-0.4, -0.2) is 47.7 Å². The predicted octanol–water partition coefficient (Wildman–Crippen LogP) is 2.24. The van der Waals surface area contributed by atoms with E-state index in [2.05, 4.69) is 15.2 Å². The molecule has 1 amide bonds. The van der Waals surface area contributed by atoms with Crippen molar-refractivity contribution >= 4 is 11.9 Å². The number of halogens is 1. The van der Waals surface area contributed by atoms with Crippen LogP contribution < -0.4 is 15.0 Å². The summed E-state index contributed by atoms with van der Waals surface area (Å²) in [6, 6.07) is 5.87. The van der Waals surface area contributed by atoms with Gasteiger partial charge in [0, 0.05) is 43.4 Å². The number of hydrogen-bond acceptors (Lipinski definition) is 6. The SMILES string of the molecule is CC(Oc1cccc(F)c1)C(=O)NC1CCN(c2ncc3c(n2)CCOC3)CC1. The van der Waals surface area contributed by atoms with E-state index in [-0.39, 0.29) is 17.8 Å². The van der Waals surface area contributed by atoms with Crippen LogP contribution in [0.5, 0.6) is 5.75 Å². The quantitative estimate of drug-likeness (QED) is 0.830. The van der Waals surface area contributed by atoms with Crippen LogP contribution >= 0.6 is 0 Å². The highest BCUT2D eigenvalue weighted by Crippen LogP contribution is 2.21. The van der Waals surface area contributed by atoms with Gasteiger partial charge in [-0.05, 0) is 31.9 Å². The summed E-state index contributed by atoms with van der Waals surface area (Å²) in [5.74, 6) is 0.507. The predicted molar refractivity (Wildman–Crippen MR) is 105 cm³/mol. The largest absolute Gasteiger partial charge is 0.481 e. The molecule has 0 bridgehead atoms. The number of benzene rings is 1. The van der Waals surface area contributed by atoms with Crippen molar-refractivity contribution < 1.29 is 18.7 Å². The van der Waals surface area contributed by atoms with Crippen LogP contribution in [0, 0.1) is 5.82 Å². The van der Waals surface area contributed by atoms with Gasteiger partial charge in [0.25, 0.3) is 5.91 Å². The fraction of sp³-hybridized carbons (Fsp3) is 0.476. The summed E-state index contributed by atoms with van der Waals surface area (Å²) in [6.07, 6.45) is 3.60. The number of carbonyl (C=O) groups is 1. The minimum absolute atomic E-state index is 0.0725. The minimum atomic E-state index is -0.693. The van der Waals surface area contributed by atoms with Gasteiger partial charge in [-0.3, -0.25) is 4.79 Å². The molecule has 1 N–H and O–H groups in total. The van der Waals surface area contributed by atoms with Gasteiger partial charge < -0.3 is 19.7 Å². The fourth-order valence-electron chi connectivity index (χ4n) is 3.61. The lowest BCUT2D eigenvalue weighted by molar-refractivity contribution is -0.128. The third-order valence-electron chi connectivity index (χ3n) is 5.28. The second kappa shape index (κ2) is 8.73. The van der Waals surface area contributed by atoms with Gasteiger partial charge in [-0.2, -0.15) is 0 Å². The van der Waals surface area contributed by atoms with E-state index in [0.29, 0.717) is 19.0 Å². The number of fused-ring (bicyclic) bond motifs is 1. The summed E-state index contributed by atoms with van der Waals surface area (Å²) in [4.78, 5) is 23.8. The van der Waals surface area contributed by atoms with Crippen LogP contribution in [0.25, 0.3) is 0 Å². The third kappa shape index (κ3) is 4.82. The Morgan fingerprint density at radius 1 is 1.38 bits per heavy atom. The molecule has 7 nitrogen and oxygen atoms in total. The van der Waals surface area contributed by atoms with E-state index in [9.17, 15) is 9.18 Å². The van der Waals surface area contributed by atoms with Crippen molar-refractivity contribution in [3.63, 3.8) is 0 Å². The minimum Gasteiger partial charge on any atom is -0.481 e. The van der Waals surface area contributed by atoms with E-state index in [1.54, 1.807) is 19.1 Å². The van der Waals surface area contributed by atoms with Crippen LogP contribution in [0.4, 0.5) is 10.3 Å². The fourth-order valence-corrected chi connectivity index (χ4v) is 3.61. The Balaban J connectivity index is 1.27. The maximum absolute atomic E-state index is 13.3.